The molecule has 2 rings (SSSR count). The summed E-state index contributed by atoms with van der Waals surface area (Å²) in [6.07, 6.45) is 1.55. The van der Waals surface area contributed by atoms with Gasteiger partial charge in [-0.1, -0.05) is 15.9 Å². The van der Waals surface area contributed by atoms with Gasteiger partial charge in [0, 0.05) is 10.0 Å². The molecule has 0 amide bonds. The second-order valence-corrected chi connectivity index (χ2v) is 4.69. The Morgan fingerprint density at radius 2 is 2.14 bits per heavy atom. The molecule has 0 N–H and O–H groups in total. The molecule has 0 unspecified atom stereocenters. The summed E-state index contributed by atoms with van der Waals surface area (Å²) in [6.45, 7) is 1.72. The summed E-state index contributed by atoms with van der Waals surface area (Å²) in [5.74, 6) is -0.229. The quantitative estimate of drug-likeness (QED) is 0.752. The van der Waals surface area contributed by atoms with Gasteiger partial charge in [-0.2, -0.15) is 5.26 Å². The summed E-state index contributed by atoms with van der Waals surface area (Å²) < 4.78 is 14.6. The van der Waals surface area contributed by atoms with E-state index >= 15 is 0 Å². The van der Waals surface area contributed by atoms with E-state index in [1.165, 1.54) is 0 Å². The Morgan fingerprint density at radius 1 is 1.50 bits per heavy atom. The van der Waals surface area contributed by atoms with Crippen LogP contribution in [0.5, 0.6) is 0 Å². The molecule has 1 aliphatic carbocycles. The molecule has 72 valence electrons. The number of nitrogens with zero attached hydrogens (tertiary/aromatic N) is 1. The van der Waals surface area contributed by atoms with Gasteiger partial charge in [-0.15, -0.1) is 0 Å². The van der Waals surface area contributed by atoms with Crippen molar-refractivity contribution in [3.05, 3.63) is 33.5 Å². The molecular weight excluding hydrogens is 245 g/mol. The van der Waals surface area contributed by atoms with Gasteiger partial charge in [0.1, 0.15) is 5.82 Å². The average molecular weight is 254 g/mol. The van der Waals surface area contributed by atoms with Crippen LogP contribution in [0, 0.1) is 24.1 Å². The topological polar surface area (TPSA) is 23.8 Å². The van der Waals surface area contributed by atoms with Gasteiger partial charge in [-0.05, 0) is 37.5 Å². The van der Waals surface area contributed by atoms with Gasteiger partial charge in [0.2, 0.25) is 0 Å². The number of rotatable bonds is 1. The van der Waals surface area contributed by atoms with Crippen molar-refractivity contribution in [1.82, 2.24) is 0 Å². The molecule has 0 heterocycles. The van der Waals surface area contributed by atoms with Gasteiger partial charge < -0.3 is 0 Å². The monoisotopic (exact) mass is 253 g/mol. The first kappa shape index (κ1) is 9.67. The fourth-order valence-corrected chi connectivity index (χ4v) is 2.21. The highest BCUT2D eigenvalue weighted by Gasteiger charge is 2.47. The largest absolute Gasteiger partial charge is 0.206 e. The minimum atomic E-state index is -0.543. The van der Waals surface area contributed by atoms with Crippen LogP contribution in [0.3, 0.4) is 0 Å². The molecule has 1 saturated carbocycles. The van der Waals surface area contributed by atoms with E-state index in [-0.39, 0.29) is 5.82 Å². The number of nitriles is 1. The summed E-state index contributed by atoms with van der Waals surface area (Å²) in [7, 11) is 0. The van der Waals surface area contributed by atoms with E-state index in [4.69, 9.17) is 5.26 Å². The standard InChI is InChI=1S/C11H9BrFN/c1-7-4-8(12)5-9(10(7)13)11(6-14)2-3-11/h4-5H,2-3H2,1H3. The van der Waals surface area contributed by atoms with Crippen molar-refractivity contribution in [2.24, 2.45) is 0 Å². The highest BCUT2D eigenvalue weighted by molar-refractivity contribution is 9.10. The van der Waals surface area contributed by atoms with Crippen LogP contribution in [0.25, 0.3) is 0 Å². The second-order valence-electron chi connectivity index (χ2n) is 3.78. The van der Waals surface area contributed by atoms with Crippen LogP contribution in [0.1, 0.15) is 24.0 Å². The Morgan fingerprint density at radius 3 is 2.64 bits per heavy atom. The minimum Gasteiger partial charge on any atom is -0.206 e. The van der Waals surface area contributed by atoms with Crippen LogP contribution in [-0.4, -0.2) is 0 Å². The second kappa shape index (κ2) is 3.06. The van der Waals surface area contributed by atoms with E-state index in [0.717, 1.165) is 17.3 Å². The molecule has 0 aliphatic heterocycles. The Labute approximate surface area is 90.7 Å². The number of benzene rings is 1. The predicted molar refractivity (Wildman–Crippen MR) is 55.4 cm³/mol. The maximum absolute atomic E-state index is 13.7. The molecule has 0 bridgehead atoms. The van der Waals surface area contributed by atoms with Crippen LogP contribution in [0.2, 0.25) is 0 Å². The average Bonchev–Trinajstić information content (AvgIpc) is 2.92. The van der Waals surface area contributed by atoms with Crippen LogP contribution < -0.4 is 0 Å². The van der Waals surface area contributed by atoms with Gasteiger partial charge in [0.15, 0.2) is 0 Å². The third kappa shape index (κ3) is 1.34. The predicted octanol–water partition coefficient (Wildman–Crippen LogP) is 3.45. The molecular formula is C11H9BrFN. The minimum absolute atomic E-state index is 0.229. The lowest BCUT2D eigenvalue weighted by atomic mass is 9.95. The molecule has 0 atom stereocenters. The number of hydrogen-bond acceptors (Lipinski definition) is 1. The summed E-state index contributed by atoms with van der Waals surface area (Å²) in [5, 5.41) is 8.98. The summed E-state index contributed by atoms with van der Waals surface area (Å²) in [5.41, 5.74) is 0.598. The molecule has 0 saturated heterocycles. The Balaban J connectivity index is 2.59. The van der Waals surface area contributed by atoms with E-state index in [9.17, 15) is 4.39 Å². The Bertz CT molecular complexity index is 430. The molecule has 1 nitrogen and oxygen atoms in total. The highest BCUT2D eigenvalue weighted by Crippen LogP contribution is 2.49. The van der Waals surface area contributed by atoms with Crippen molar-refractivity contribution in [3.63, 3.8) is 0 Å². The third-order valence-corrected chi connectivity index (χ3v) is 3.16. The number of hydrogen-bond donors (Lipinski definition) is 0. The smallest absolute Gasteiger partial charge is 0.130 e. The molecule has 14 heavy (non-hydrogen) atoms. The van der Waals surface area contributed by atoms with Crippen LogP contribution >= 0.6 is 15.9 Å². The molecule has 0 spiro atoms. The lowest BCUT2D eigenvalue weighted by Crippen LogP contribution is -2.07. The van der Waals surface area contributed by atoms with Crippen molar-refractivity contribution in [3.8, 4) is 6.07 Å². The van der Waals surface area contributed by atoms with E-state index in [1.807, 2.05) is 0 Å². The number of aryl methyl sites for hydroxylation is 1. The van der Waals surface area contributed by atoms with E-state index in [1.54, 1.807) is 19.1 Å². The molecule has 1 aromatic carbocycles. The first-order valence-electron chi connectivity index (χ1n) is 4.46. The summed E-state index contributed by atoms with van der Waals surface area (Å²) >= 11 is 3.32. The fourth-order valence-electron chi connectivity index (χ4n) is 1.64. The lowest BCUT2D eigenvalue weighted by Gasteiger charge is -2.10. The molecule has 0 radical (unpaired) electrons. The van der Waals surface area contributed by atoms with Crippen molar-refractivity contribution in [1.29, 1.82) is 5.26 Å². The van der Waals surface area contributed by atoms with Crippen LogP contribution in [0.15, 0.2) is 16.6 Å². The van der Waals surface area contributed by atoms with Crippen LogP contribution in [0.4, 0.5) is 4.39 Å². The van der Waals surface area contributed by atoms with E-state index in [2.05, 4.69) is 22.0 Å². The zero-order chi connectivity index (χ0) is 10.3. The van der Waals surface area contributed by atoms with Crippen molar-refractivity contribution < 1.29 is 4.39 Å². The maximum Gasteiger partial charge on any atom is 0.130 e. The Kier molecular flexibility index (Phi) is 2.11. The normalized spacial score (nSPS) is 17.6. The highest BCUT2D eigenvalue weighted by atomic mass is 79.9. The van der Waals surface area contributed by atoms with Crippen molar-refractivity contribution in [2.45, 2.75) is 25.2 Å². The molecule has 1 fully saturated rings. The summed E-state index contributed by atoms with van der Waals surface area (Å²) in [4.78, 5) is 0. The summed E-state index contributed by atoms with van der Waals surface area (Å²) in [6, 6.07) is 5.65. The third-order valence-electron chi connectivity index (χ3n) is 2.70. The van der Waals surface area contributed by atoms with Gasteiger partial charge in [-0.3, -0.25) is 0 Å². The van der Waals surface area contributed by atoms with E-state index < -0.39 is 5.41 Å². The first-order valence-corrected chi connectivity index (χ1v) is 5.26. The lowest BCUT2D eigenvalue weighted by molar-refractivity contribution is 0.590. The maximum atomic E-state index is 13.7. The van der Waals surface area contributed by atoms with Gasteiger partial charge in [0.05, 0.1) is 11.5 Å². The SMILES string of the molecule is Cc1cc(Br)cc(C2(C#N)CC2)c1F. The fraction of sp³-hybridized carbons (Fsp3) is 0.364. The van der Waals surface area contributed by atoms with Gasteiger partial charge in [-0.25, -0.2) is 4.39 Å². The number of halogens is 2. The zero-order valence-electron chi connectivity index (χ0n) is 7.77. The molecule has 0 aromatic heterocycles. The van der Waals surface area contributed by atoms with Crippen LogP contribution in [-0.2, 0) is 5.41 Å². The van der Waals surface area contributed by atoms with Gasteiger partial charge >= 0.3 is 0 Å². The molecule has 1 aliphatic rings. The molecule has 3 heteroatoms. The zero-order valence-corrected chi connectivity index (χ0v) is 9.36. The molecule has 1 aromatic rings. The Hall–Kier alpha value is -0.880. The van der Waals surface area contributed by atoms with E-state index in [0.29, 0.717) is 11.1 Å². The van der Waals surface area contributed by atoms with Crippen molar-refractivity contribution >= 4 is 15.9 Å². The van der Waals surface area contributed by atoms with Crippen molar-refractivity contribution in [2.75, 3.05) is 0 Å². The first-order chi connectivity index (χ1) is 6.59. The van der Waals surface area contributed by atoms with Gasteiger partial charge in [0.25, 0.3) is 0 Å².